The Hall–Kier alpha value is -0.610. The quantitative estimate of drug-likeness (QED) is 0.701. The molecule has 0 spiro atoms. The SMILES string of the molecule is CCOC(=O)C(COC1CCCCC1)NC. The van der Waals surface area contributed by atoms with E-state index in [1.165, 1.54) is 19.3 Å². The van der Waals surface area contributed by atoms with E-state index < -0.39 is 0 Å². The zero-order valence-corrected chi connectivity index (χ0v) is 10.3. The molecular weight excluding hydrogens is 206 g/mol. The number of esters is 1. The van der Waals surface area contributed by atoms with Gasteiger partial charge in [-0.3, -0.25) is 4.79 Å². The van der Waals surface area contributed by atoms with Crippen molar-refractivity contribution in [3.63, 3.8) is 0 Å². The van der Waals surface area contributed by atoms with Crippen molar-refractivity contribution in [1.29, 1.82) is 0 Å². The van der Waals surface area contributed by atoms with Crippen molar-refractivity contribution in [2.45, 2.75) is 51.2 Å². The third kappa shape index (κ3) is 4.49. The van der Waals surface area contributed by atoms with E-state index in [9.17, 15) is 4.79 Å². The average molecular weight is 229 g/mol. The molecule has 4 heteroatoms. The van der Waals surface area contributed by atoms with Crippen LogP contribution in [0.5, 0.6) is 0 Å². The lowest BCUT2D eigenvalue weighted by Gasteiger charge is -2.24. The van der Waals surface area contributed by atoms with Crippen LogP contribution in [0.2, 0.25) is 0 Å². The van der Waals surface area contributed by atoms with Crippen LogP contribution >= 0.6 is 0 Å². The third-order valence-corrected chi connectivity index (χ3v) is 2.97. The van der Waals surface area contributed by atoms with Gasteiger partial charge in [-0.05, 0) is 26.8 Å². The normalized spacial score (nSPS) is 19.4. The minimum absolute atomic E-state index is 0.221. The van der Waals surface area contributed by atoms with Gasteiger partial charge in [-0.1, -0.05) is 19.3 Å². The van der Waals surface area contributed by atoms with Crippen LogP contribution in [-0.4, -0.2) is 38.4 Å². The first-order valence-electron chi connectivity index (χ1n) is 6.23. The minimum Gasteiger partial charge on any atom is -0.465 e. The Bertz CT molecular complexity index is 202. The van der Waals surface area contributed by atoms with Crippen molar-refractivity contribution >= 4 is 5.97 Å². The predicted molar refractivity (Wildman–Crippen MR) is 62.3 cm³/mol. The fourth-order valence-electron chi connectivity index (χ4n) is 1.98. The first-order chi connectivity index (χ1) is 7.77. The number of ether oxygens (including phenoxy) is 2. The van der Waals surface area contributed by atoms with Crippen LogP contribution < -0.4 is 5.32 Å². The Labute approximate surface area is 97.7 Å². The summed E-state index contributed by atoms with van der Waals surface area (Å²) in [5, 5.41) is 2.93. The summed E-state index contributed by atoms with van der Waals surface area (Å²) in [7, 11) is 1.76. The van der Waals surface area contributed by atoms with Crippen molar-refractivity contribution in [2.75, 3.05) is 20.3 Å². The van der Waals surface area contributed by atoms with Gasteiger partial charge in [0.15, 0.2) is 0 Å². The van der Waals surface area contributed by atoms with Gasteiger partial charge in [-0.15, -0.1) is 0 Å². The van der Waals surface area contributed by atoms with Crippen molar-refractivity contribution in [1.82, 2.24) is 5.32 Å². The van der Waals surface area contributed by atoms with Gasteiger partial charge in [0, 0.05) is 0 Å². The molecule has 1 N–H and O–H groups in total. The molecule has 4 nitrogen and oxygen atoms in total. The second-order valence-electron chi connectivity index (χ2n) is 4.19. The summed E-state index contributed by atoms with van der Waals surface area (Å²) in [6, 6.07) is -0.332. The van der Waals surface area contributed by atoms with Crippen LogP contribution in [0.25, 0.3) is 0 Å². The van der Waals surface area contributed by atoms with Crippen LogP contribution in [0.3, 0.4) is 0 Å². The van der Waals surface area contributed by atoms with Crippen LogP contribution in [0.4, 0.5) is 0 Å². The molecule has 1 aliphatic carbocycles. The lowest BCUT2D eigenvalue weighted by molar-refractivity contribution is -0.148. The lowest BCUT2D eigenvalue weighted by atomic mass is 9.98. The number of carbonyl (C=O) groups excluding carboxylic acids is 1. The summed E-state index contributed by atoms with van der Waals surface area (Å²) < 4.78 is 10.7. The van der Waals surface area contributed by atoms with E-state index >= 15 is 0 Å². The Kier molecular flexibility index (Phi) is 6.42. The highest BCUT2D eigenvalue weighted by atomic mass is 16.5. The van der Waals surface area contributed by atoms with Gasteiger partial charge in [-0.25, -0.2) is 0 Å². The summed E-state index contributed by atoms with van der Waals surface area (Å²) in [5.74, 6) is -0.221. The molecule has 1 aliphatic rings. The van der Waals surface area contributed by atoms with E-state index in [-0.39, 0.29) is 12.0 Å². The topological polar surface area (TPSA) is 47.6 Å². The number of likely N-dealkylation sites (N-methyl/N-ethyl adjacent to an activating group) is 1. The van der Waals surface area contributed by atoms with Crippen LogP contribution in [0.15, 0.2) is 0 Å². The van der Waals surface area contributed by atoms with Gasteiger partial charge in [-0.2, -0.15) is 0 Å². The number of carbonyl (C=O) groups is 1. The third-order valence-electron chi connectivity index (χ3n) is 2.97. The Balaban J connectivity index is 2.24. The molecule has 1 unspecified atom stereocenters. The maximum absolute atomic E-state index is 11.5. The zero-order valence-electron chi connectivity index (χ0n) is 10.3. The summed E-state index contributed by atoms with van der Waals surface area (Å²) in [6.07, 6.45) is 6.38. The smallest absolute Gasteiger partial charge is 0.325 e. The molecule has 1 fully saturated rings. The largest absolute Gasteiger partial charge is 0.465 e. The first-order valence-corrected chi connectivity index (χ1v) is 6.23. The Morgan fingerprint density at radius 3 is 2.62 bits per heavy atom. The molecule has 94 valence electrons. The minimum atomic E-state index is -0.332. The number of hydrogen-bond donors (Lipinski definition) is 1. The van der Waals surface area contributed by atoms with Crippen LogP contribution in [-0.2, 0) is 14.3 Å². The van der Waals surface area contributed by atoms with Gasteiger partial charge in [0.2, 0.25) is 0 Å². The maximum atomic E-state index is 11.5. The van der Waals surface area contributed by atoms with Gasteiger partial charge < -0.3 is 14.8 Å². The molecule has 1 atom stereocenters. The summed E-state index contributed by atoms with van der Waals surface area (Å²) in [6.45, 7) is 2.65. The monoisotopic (exact) mass is 229 g/mol. The van der Waals surface area contributed by atoms with Crippen LogP contribution in [0, 0.1) is 0 Å². The molecule has 0 bridgehead atoms. The van der Waals surface area contributed by atoms with E-state index in [0.29, 0.717) is 19.3 Å². The highest BCUT2D eigenvalue weighted by Crippen LogP contribution is 2.20. The van der Waals surface area contributed by atoms with Crippen molar-refractivity contribution in [3.8, 4) is 0 Å². The highest BCUT2D eigenvalue weighted by Gasteiger charge is 2.21. The molecule has 0 saturated heterocycles. The molecule has 1 saturated carbocycles. The summed E-state index contributed by atoms with van der Waals surface area (Å²) >= 11 is 0. The molecule has 0 heterocycles. The number of hydrogen-bond acceptors (Lipinski definition) is 4. The number of nitrogens with one attached hydrogen (secondary N) is 1. The van der Waals surface area contributed by atoms with E-state index in [1.807, 2.05) is 6.92 Å². The van der Waals surface area contributed by atoms with E-state index in [0.717, 1.165) is 12.8 Å². The van der Waals surface area contributed by atoms with Gasteiger partial charge in [0.05, 0.1) is 19.3 Å². The average Bonchev–Trinajstić information content (AvgIpc) is 2.31. The zero-order chi connectivity index (χ0) is 11.8. The summed E-state index contributed by atoms with van der Waals surface area (Å²) in [4.78, 5) is 11.5. The van der Waals surface area contributed by atoms with Gasteiger partial charge in [0.25, 0.3) is 0 Å². The molecule has 1 rings (SSSR count). The first kappa shape index (κ1) is 13.5. The maximum Gasteiger partial charge on any atom is 0.325 e. The predicted octanol–water partition coefficient (Wildman–Crippen LogP) is 1.49. The molecule has 0 amide bonds. The van der Waals surface area contributed by atoms with Crippen LogP contribution in [0.1, 0.15) is 39.0 Å². The second-order valence-corrected chi connectivity index (χ2v) is 4.19. The lowest BCUT2D eigenvalue weighted by Crippen LogP contribution is -2.40. The van der Waals surface area contributed by atoms with E-state index in [4.69, 9.17) is 9.47 Å². The molecule has 0 aromatic carbocycles. The van der Waals surface area contributed by atoms with Crippen molar-refractivity contribution in [3.05, 3.63) is 0 Å². The van der Waals surface area contributed by atoms with Crippen molar-refractivity contribution in [2.24, 2.45) is 0 Å². The standard InChI is InChI=1S/C12H23NO3/c1-3-15-12(14)11(13-2)9-16-10-7-5-4-6-8-10/h10-11,13H,3-9H2,1-2H3. The van der Waals surface area contributed by atoms with Gasteiger partial charge >= 0.3 is 5.97 Å². The highest BCUT2D eigenvalue weighted by molar-refractivity contribution is 5.75. The van der Waals surface area contributed by atoms with Gasteiger partial charge in [0.1, 0.15) is 6.04 Å². The molecule has 0 aliphatic heterocycles. The molecular formula is C12H23NO3. The molecule has 0 aromatic rings. The molecule has 16 heavy (non-hydrogen) atoms. The Morgan fingerprint density at radius 2 is 2.06 bits per heavy atom. The van der Waals surface area contributed by atoms with E-state index in [1.54, 1.807) is 7.05 Å². The summed E-state index contributed by atoms with van der Waals surface area (Å²) in [5.41, 5.74) is 0. The van der Waals surface area contributed by atoms with E-state index in [2.05, 4.69) is 5.32 Å². The Morgan fingerprint density at radius 1 is 1.38 bits per heavy atom. The van der Waals surface area contributed by atoms with Crippen molar-refractivity contribution < 1.29 is 14.3 Å². The molecule has 0 radical (unpaired) electrons. The number of rotatable bonds is 6. The fourth-order valence-corrected chi connectivity index (χ4v) is 1.98. The molecule has 0 aromatic heterocycles. The fraction of sp³-hybridized carbons (Fsp3) is 0.917. The second kappa shape index (κ2) is 7.63.